The molecule has 3 aromatic carbocycles. The van der Waals surface area contributed by atoms with Gasteiger partial charge in [0.25, 0.3) is 11.8 Å². The van der Waals surface area contributed by atoms with Gasteiger partial charge < -0.3 is 21.0 Å². The maximum Gasteiger partial charge on any atom is 0.251 e. The normalized spacial score (nSPS) is 16.6. The molecule has 4 aromatic rings. The number of hydrogen-bond acceptors (Lipinski definition) is 3. The van der Waals surface area contributed by atoms with E-state index in [4.69, 9.17) is 5.41 Å². The van der Waals surface area contributed by atoms with Gasteiger partial charge in [-0.05, 0) is 36.2 Å². The summed E-state index contributed by atoms with van der Waals surface area (Å²) < 4.78 is 0. The van der Waals surface area contributed by atoms with E-state index in [1.807, 2.05) is 42.5 Å². The molecule has 0 spiro atoms. The van der Waals surface area contributed by atoms with Gasteiger partial charge in [0.2, 0.25) is 0 Å². The Morgan fingerprint density at radius 2 is 1.94 bits per heavy atom. The summed E-state index contributed by atoms with van der Waals surface area (Å²) in [6, 6.07) is 24.8. The van der Waals surface area contributed by atoms with Crippen molar-refractivity contribution in [2.75, 3.05) is 7.05 Å². The van der Waals surface area contributed by atoms with Gasteiger partial charge in [-0.25, -0.2) is 0 Å². The fourth-order valence-corrected chi connectivity index (χ4v) is 4.31. The van der Waals surface area contributed by atoms with Crippen LogP contribution in [-0.4, -0.2) is 36.1 Å². The number of carbonyl (C=O) groups excluding carboxylic acids is 2. The second kappa shape index (κ2) is 8.29. The maximum atomic E-state index is 13.1. The lowest BCUT2D eigenvalue weighted by Gasteiger charge is -2.09. The van der Waals surface area contributed by atoms with Crippen molar-refractivity contribution >= 4 is 28.9 Å². The zero-order valence-corrected chi connectivity index (χ0v) is 18.0. The molecule has 0 radical (unpaired) electrons. The van der Waals surface area contributed by atoms with Crippen molar-refractivity contribution in [1.82, 2.24) is 15.6 Å². The van der Waals surface area contributed by atoms with Gasteiger partial charge in [-0.2, -0.15) is 0 Å². The predicted molar refractivity (Wildman–Crippen MR) is 128 cm³/mol. The summed E-state index contributed by atoms with van der Waals surface area (Å²) in [5, 5.41) is 14.4. The Morgan fingerprint density at radius 3 is 2.64 bits per heavy atom. The molecule has 2 amide bonds. The molecular formula is C27H22N4O2. The number of carbonyl (C=O) groups is 2. The Kier molecular flexibility index (Phi) is 5.15. The van der Waals surface area contributed by atoms with Crippen LogP contribution in [0.15, 0.2) is 60.7 Å². The minimum atomic E-state index is -0.310. The molecule has 4 N–H and O–H groups in total. The monoisotopic (exact) mass is 434 g/mol. The van der Waals surface area contributed by atoms with E-state index >= 15 is 0 Å². The molecule has 5 rings (SSSR count). The van der Waals surface area contributed by atoms with Crippen molar-refractivity contribution in [2.24, 2.45) is 0 Å². The van der Waals surface area contributed by atoms with Crippen molar-refractivity contribution in [2.45, 2.75) is 18.4 Å². The summed E-state index contributed by atoms with van der Waals surface area (Å²) >= 11 is 0. The SMILES string of the molecule is CNC(=O)c1cc(C(=O)NC2CC2c2c#cccc2)cc2[nH]c(-c3ccccc3)c(C=N)c12. The number of nitrogens with one attached hydrogen (secondary N) is 4. The minimum Gasteiger partial charge on any atom is -0.355 e. The topological polar surface area (TPSA) is 97.8 Å². The van der Waals surface area contributed by atoms with Crippen LogP contribution in [0, 0.1) is 17.5 Å². The molecule has 1 aromatic heterocycles. The Bertz CT molecular complexity index is 1360. The lowest BCUT2D eigenvalue weighted by Crippen LogP contribution is -2.27. The van der Waals surface area contributed by atoms with Crippen molar-refractivity contribution in [3.8, 4) is 11.3 Å². The first-order valence-corrected chi connectivity index (χ1v) is 10.8. The first-order chi connectivity index (χ1) is 16.1. The van der Waals surface area contributed by atoms with Crippen LogP contribution in [-0.2, 0) is 0 Å². The number of hydrogen-bond donors (Lipinski definition) is 4. The summed E-state index contributed by atoms with van der Waals surface area (Å²) in [5.74, 6) is -0.315. The molecule has 0 aliphatic heterocycles. The first-order valence-electron chi connectivity index (χ1n) is 10.8. The Labute approximate surface area is 191 Å². The maximum absolute atomic E-state index is 13.1. The molecule has 33 heavy (non-hydrogen) atoms. The van der Waals surface area contributed by atoms with E-state index in [-0.39, 0.29) is 23.8 Å². The van der Waals surface area contributed by atoms with Gasteiger partial charge in [-0.1, -0.05) is 48.5 Å². The fraction of sp³-hybridized carbons (Fsp3) is 0.148. The third-order valence-corrected chi connectivity index (χ3v) is 6.06. The highest BCUT2D eigenvalue weighted by Crippen LogP contribution is 2.40. The van der Waals surface area contributed by atoms with Crippen LogP contribution in [0.25, 0.3) is 22.2 Å². The molecule has 6 heteroatoms. The number of aromatic nitrogens is 1. The van der Waals surface area contributed by atoms with Gasteiger partial charge in [0.1, 0.15) is 0 Å². The van der Waals surface area contributed by atoms with Gasteiger partial charge >= 0.3 is 0 Å². The van der Waals surface area contributed by atoms with Crippen LogP contribution in [0.5, 0.6) is 0 Å². The van der Waals surface area contributed by atoms with E-state index in [9.17, 15) is 9.59 Å². The zero-order chi connectivity index (χ0) is 22.9. The van der Waals surface area contributed by atoms with E-state index < -0.39 is 0 Å². The quantitative estimate of drug-likeness (QED) is 0.344. The highest BCUT2D eigenvalue weighted by Gasteiger charge is 2.40. The molecule has 1 fully saturated rings. The molecule has 2 unspecified atom stereocenters. The second-order valence-corrected chi connectivity index (χ2v) is 8.12. The van der Waals surface area contributed by atoms with Gasteiger partial charge in [0.15, 0.2) is 0 Å². The highest BCUT2D eigenvalue weighted by molar-refractivity contribution is 6.17. The molecule has 0 saturated heterocycles. The Morgan fingerprint density at radius 1 is 1.12 bits per heavy atom. The summed E-state index contributed by atoms with van der Waals surface area (Å²) in [6.45, 7) is 0. The fourth-order valence-electron chi connectivity index (χ4n) is 4.31. The molecular weight excluding hydrogens is 412 g/mol. The lowest BCUT2D eigenvalue weighted by molar-refractivity contribution is 0.0950. The van der Waals surface area contributed by atoms with Gasteiger partial charge in [0, 0.05) is 52.8 Å². The molecule has 1 aliphatic rings. The summed E-state index contributed by atoms with van der Waals surface area (Å²) in [4.78, 5) is 29.2. The number of fused-ring (bicyclic) bond motifs is 1. The summed E-state index contributed by atoms with van der Waals surface area (Å²) in [5.41, 5.74) is 4.68. The van der Waals surface area contributed by atoms with Crippen LogP contribution < -0.4 is 10.6 Å². The standard InChI is InChI=1S/C27H22N4O2/c1-29-27(33)20-12-18(26(32)31-22-14-19(22)16-8-4-2-5-9-16)13-23-24(20)21(15-28)25(30-23)17-10-6-3-7-11-17/h2-4,6-8,10-13,15,19,22,28,30H,14H2,1H3,(H,29,33)(H,31,32). The molecule has 2 atom stereocenters. The third kappa shape index (κ3) is 3.74. The molecule has 1 aliphatic carbocycles. The van der Waals surface area contributed by atoms with Gasteiger partial charge in [0.05, 0.1) is 11.3 Å². The number of H-pyrrole nitrogens is 1. The largest absolute Gasteiger partial charge is 0.355 e. The lowest BCUT2D eigenvalue weighted by atomic mass is 9.99. The van der Waals surface area contributed by atoms with Crippen LogP contribution in [0.2, 0.25) is 0 Å². The van der Waals surface area contributed by atoms with Crippen LogP contribution in [0.1, 0.15) is 44.2 Å². The number of rotatable bonds is 6. The molecule has 162 valence electrons. The van der Waals surface area contributed by atoms with Crippen molar-refractivity contribution in [3.63, 3.8) is 0 Å². The van der Waals surface area contributed by atoms with Crippen LogP contribution in [0.4, 0.5) is 0 Å². The first kappa shape index (κ1) is 20.5. The van der Waals surface area contributed by atoms with E-state index in [1.54, 1.807) is 25.2 Å². The van der Waals surface area contributed by atoms with E-state index in [2.05, 4.69) is 27.8 Å². The highest BCUT2D eigenvalue weighted by atomic mass is 16.2. The molecule has 1 saturated carbocycles. The summed E-state index contributed by atoms with van der Waals surface area (Å²) in [6.07, 6.45) is 2.10. The average molecular weight is 434 g/mol. The van der Waals surface area contributed by atoms with E-state index in [0.29, 0.717) is 27.6 Å². The van der Waals surface area contributed by atoms with Crippen LogP contribution >= 0.6 is 0 Å². The van der Waals surface area contributed by atoms with E-state index in [0.717, 1.165) is 23.2 Å². The average Bonchev–Trinajstić information content (AvgIpc) is 3.53. The van der Waals surface area contributed by atoms with Crippen molar-refractivity contribution in [3.05, 3.63) is 95.1 Å². The molecule has 1 heterocycles. The number of aromatic amines is 1. The predicted octanol–water partition coefficient (Wildman–Crippen LogP) is 4.08. The van der Waals surface area contributed by atoms with Crippen molar-refractivity contribution < 1.29 is 9.59 Å². The van der Waals surface area contributed by atoms with Gasteiger partial charge in [-0.3, -0.25) is 9.59 Å². The molecule has 0 bridgehead atoms. The van der Waals surface area contributed by atoms with Gasteiger partial charge in [-0.15, -0.1) is 0 Å². The van der Waals surface area contributed by atoms with E-state index in [1.165, 1.54) is 6.21 Å². The van der Waals surface area contributed by atoms with Crippen LogP contribution in [0.3, 0.4) is 0 Å². The number of benzene rings is 2. The number of amides is 2. The molecule has 6 nitrogen and oxygen atoms in total. The smallest absolute Gasteiger partial charge is 0.251 e. The zero-order valence-electron chi connectivity index (χ0n) is 18.0. The Balaban J connectivity index is 1.53. The third-order valence-electron chi connectivity index (χ3n) is 6.06. The Hall–Kier alpha value is -4.37. The second-order valence-electron chi connectivity index (χ2n) is 8.12. The summed E-state index contributed by atoms with van der Waals surface area (Å²) in [7, 11) is 1.55. The van der Waals surface area contributed by atoms with Crippen molar-refractivity contribution in [1.29, 1.82) is 5.41 Å². The minimum absolute atomic E-state index is 0.0318.